The maximum absolute atomic E-state index is 10.5. The van der Waals surface area contributed by atoms with Crippen molar-refractivity contribution in [1.29, 1.82) is 0 Å². The standard InChI is InChI=1S/C13H27NO/c1-12(2,3)7-8-13(4,15)11-6-5-9-14-10-11/h11,14-15H,5-10H2,1-4H3. The van der Waals surface area contributed by atoms with Crippen molar-refractivity contribution in [2.24, 2.45) is 11.3 Å². The largest absolute Gasteiger partial charge is 0.390 e. The topological polar surface area (TPSA) is 32.3 Å². The Labute approximate surface area is 94.5 Å². The molecule has 2 unspecified atom stereocenters. The first-order valence-electron chi connectivity index (χ1n) is 6.24. The molecule has 0 aromatic carbocycles. The van der Waals surface area contributed by atoms with Crippen LogP contribution < -0.4 is 5.32 Å². The second-order valence-electron chi connectivity index (χ2n) is 6.46. The predicted octanol–water partition coefficient (Wildman–Crippen LogP) is 2.56. The monoisotopic (exact) mass is 213 g/mol. The zero-order valence-electron chi connectivity index (χ0n) is 10.8. The van der Waals surface area contributed by atoms with Gasteiger partial charge in [0.25, 0.3) is 0 Å². The van der Waals surface area contributed by atoms with Gasteiger partial charge in [-0.25, -0.2) is 0 Å². The zero-order valence-corrected chi connectivity index (χ0v) is 10.8. The minimum absolute atomic E-state index is 0.325. The highest BCUT2D eigenvalue weighted by Crippen LogP contribution is 2.32. The average molecular weight is 213 g/mol. The van der Waals surface area contributed by atoms with E-state index in [1.807, 2.05) is 6.92 Å². The molecule has 2 nitrogen and oxygen atoms in total. The fourth-order valence-corrected chi connectivity index (χ4v) is 2.21. The van der Waals surface area contributed by atoms with E-state index in [0.717, 1.165) is 25.9 Å². The summed E-state index contributed by atoms with van der Waals surface area (Å²) in [5.74, 6) is 0.439. The van der Waals surface area contributed by atoms with Crippen LogP contribution in [0, 0.1) is 11.3 Å². The summed E-state index contributed by atoms with van der Waals surface area (Å²) in [6.45, 7) is 10.8. The summed E-state index contributed by atoms with van der Waals surface area (Å²) in [5.41, 5.74) is -0.160. The fraction of sp³-hybridized carbons (Fsp3) is 1.00. The highest BCUT2D eigenvalue weighted by molar-refractivity contribution is 4.87. The molecule has 0 aromatic rings. The molecule has 90 valence electrons. The van der Waals surface area contributed by atoms with Crippen LogP contribution in [0.4, 0.5) is 0 Å². The van der Waals surface area contributed by atoms with Crippen molar-refractivity contribution in [3.05, 3.63) is 0 Å². The summed E-state index contributed by atoms with van der Waals surface area (Å²) in [7, 11) is 0. The van der Waals surface area contributed by atoms with E-state index in [1.165, 1.54) is 12.8 Å². The van der Waals surface area contributed by atoms with Crippen molar-refractivity contribution in [2.45, 2.75) is 59.0 Å². The summed E-state index contributed by atoms with van der Waals surface area (Å²) >= 11 is 0. The third-order valence-corrected chi connectivity index (χ3v) is 3.56. The number of piperidine rings is 1. The van der Waals surface area contributed by atoms with Gasteiger partial charge in [-0.3, -0.25) is 0 Å². The van der Waals surface area contributed by atoms with E-state index < -0.39 is 5.60 Å². The Hall–Kier alpha value is -0.0800. The van der Waals surface area contributed by atoms with Crippen molar-refractivity contribution in [1.82, 2.24) is 5.32 Å². The Morgan fingerprint density at radius 2 is 1.87 bits per heavy atom. The maximum atomic E-state index is 10.5. The second kappa shape index (κ2) is 4.84. The third-order valence-electron chi connectivity index (χ3n) is 3.56. The predicted molar refractivity (Wildman–Crippen MR) is 64.9 cm³/mol. The maximum Gasteiger partial charge on any atom is 0.0660 e. The molecule has 15 heavy (non-hydrogen) atoms. The normalized spacial score (nSPS) is 27.4. The molecule has 0 aromatic heterocycles. The minimum Gasteiger partial charge on any atom is -0.390 e. The van der Waals surface area contributed by atoms with E-state index in [9.17, 15) is 5.11 Å². The molecule has 1 aliphatic rings. The van der Waals surface area contributed by atoms with Crippen molar-refractivity contribution in [2.75, 3.05) is 13.1 Å². The highest BCUT2D eigenvalue weighted by Gasteiger charge is 2.33. The van der Waals surface area contributed by atoms with Gasteiger partial charge in [0.05, 0.1) is 5.60 Å². The van der Waals surface area contributed by atoms with Crippen LogP contribution in [-0.4, -0.2) is 23.8 Å². The van der Waals surface area contributed by atoms with Crippen LogP contribution in [0.15, 0.2) is 0 Å². The van der Waals surface area contributed by atoms with Gasteiger partial charge in [0.15, 0.2) is 0 Å². The molecular weight excluding hydrogens is 186 g/mol. The highest BCUT2D eigenvalue weighted by atomic mass is 16.3. The van der Waals surface area contributed by atoms with Gasteiger partial charge in [-0.2, -0.15) is 0 Å². The van der Waals surface area contributed by atoms with Crippen molar-refractivity contribution in [3.8, 4) is 0 Å². The lowest BCUT2D eigenvalue weighted by Gasteiger charge is -2.37. The van der Waals surface area contributed by atoms with E-state index in [2.05, 4.69) is 26.1 Å². The van der Waals surface area contributed by atoms with Gasteiger partial charge in [-0.1, -0.05) is 20.8 Å². The molecule has 0 aliphatic carbocycles. The van der Waals surface area contributed by atoms with Crippen molar-refractivity contribution >= 4 is 0 Å². The van der Waals surface area contributed by atoms with Gasteiger partial charge in [0.1, 0.15) is 0 Å². The van der Waals surface area contributed by atoms with Gasteiger partial charge < -0.3 is 10.4 Å². The molecule has 0 saturated carbocycles. The van der Waals surface area contributed by atoms with E-state index in [1.54, 1.807) is 0 Å². The molecule has 2 atom stereocenters. The average Bonchev–Trinajstić information content (AvgIpc) is 2.16. The Balaban J connectivity index is 2.42. The van der Waals surface area contributed by atoms with Crippen LogP contribution in [0.3, 0.4) is 0 Å². The van der Waals surface area contributed by atoms with Crippen LogP contribution in [0.2, 0.25) is 0 Å². The molecule has 0 spiro atoms. The molecular formula is C13H27NO. The number of hydrogen-bond acceptors (Lipinski definition) is 2. The first kappa shape index (κ1) is 13.0. The van der Waals surface area contributed by atoms with Crippen LogP contribution in [0.1, 0.15) is 53.4 Å². The van der Waals surface area contributed by atoms with Crippen LogP contribution in [0.5, 0.6) is 0 Å². The summed E-state index contributed by atoms with van der Waals surface area (Å²) in [6.07, 6.45) is 4.39. The fourth-order valence-electron chi connectivity index (χ4n) is 2.21. The summed E-state index contributed by atoms with van der Waals surface area (Å²) in [6, 6.07) is 0. The van der Waals surface area contributed by atoms with Crippen molar-refractivity contribution in [3.63, 3.8) is 0 Å². The number of rotatable bonds is 3. The summed E-state index contributed by atoms with van der Waals surface area (Å²) in [4.78, 5) is 0. The van der Waals surface area contributed by atoms with Gasteiger partial charge in [-0.15, -0.1) is 0 Å². The lowest BCUT2D eigenvalue weighted by atomic mass is 9.77. The van der Waals surface area contributed by atoms with Gasteiger partial charge in [0, 0.05) is 6.54 Å². The Kier molecular flexibility index (Phi) is 4.19. The lowest BCUT2D eigenvalue weighted by Crippen LogP contribution is -2.44. The first-order valence-corrected chi connectivity index (χ1v) is 6.24. The van der Waals surface area contributed by atoms with Gasteiger partial charge >= 0.3 is 0 Å². The van der Waals surface area contributed by atoms with E-state index in [4.69, 9.17) is 0 Å². The Morgan fingerprint density at radius 1 is 1.20 bits per heavy atom. The molecule has 2 N–H and O–H groups in total. The van der Waals surface area contributed by atoms with Crippen LogP contribution in [0.25, 0.3) is 0 Å². The second-order valence-corrected chi connectivity index (χ2v) is 6.46. The number of nitrogens with one attached hydrogen (secondary N) is 1. The third kappa shape index (κ3) is 4.52. The summed E-state index contributed by atoms with van der Waals surface area (Å²) in [5, 5.41) is 13.8. The number of aliphatic hydroxyl groups is 1. The molecule has 1 aliphatic heterocycles. The lowest BCUT2D eigenvalue weighted by molar-refractivity contribution is -0.0256. The van der Waals surface area contributed by atoms with E-state index in [-0.39, 0.29) is 0 Å². The van der Waals surface area contributed by atoms with Gasteiger partial charge in [-0.05, 0) is 50.5 Å². The molecule has 0 amide bonds. The molecule has 1 fully saturated rings. The van der Waals surface area contributed by atoms with Crippen LogP contribution >= 0.6 is 0 Å². The molecule has 0 bridgehead atoms. The number of hydrogen-bond donors (Lipinski definition) is 2. The SMILES string of the molecule is CC(C)(C)CCC(C)(O)C1CCCNC1. The van der Waals surface area contributed by atoms with Gasteiger partial charge in [0.2, 0.25) is 0 Å². The van der Waals surface area contributed by atoms with Crippen molar-refractivity contribution < 1.29 is 5.11 Å². The molecule has 0 radical (unpaired) electrons. The summed E-state index contributed by atoms with van der Waals surface area (Å²) < 4.78 is 0. The Bertz CT molecular complexity index is 187. The molecule has 2 heteroatoms. The smallest absolute Gasteiger partial charge is 0.0660 e. The minimum atomic E-state index is -0.485. The quantitative estimate of drug-likeness (QED) is 0.755. The van der Waals surface area contributed by atoms with E-state index in [0.29, 0.717) is 11.3 Å². The van der Waals surface area contributed by atoms with Crippen LogP contribution in [-0.2, 0) is 0 Å². The molecule has 1 heterocycles. The zero-order chi connectivity index (χ0) is 11.5. The molecule has 1 rings (SSSR count). The Morgan fingerprint density at radius 3 is 2.33 bits per heavy atom. The molecule has 1 saturated heterocycles. The first-order chi connectivity index (χ1) is 6.81. The van der Waals surface area contributed by atoms with E-state index >= 15 is 0 Å².